The van der Waals surface area contributed by atoms with Crippen LogP contribution in [-0.2, 0) is 17.6 Å². The van der Waals surface area contributed by atoms with Gasteiger partial charge in [-0.2, -0.15) is 0 Å². The molecule has 0 heterocycles. The predicted molar refractivity (Wildman–Crippen MR) is 124 cm³/mol. The molecule has 172 valence electrons. The number of rotatable bonds is 14. The zero-order valence-corrected chi connectivity index (χ0v) is 19.4. The molecule has 2 aromatic rings. The second-order valence-corrected chi connectivity index (χ2v) is 8.09. The van der Waals surface area contributed by atoms with Crippen LogP contribution in [0.25, 0.3) is 0 Å². The maximum Gasteiger partial charge on any atom is 0.160 e. The predicted octanol–water partition coefficient (Wildman–Crippen LogP) is 6.03. The summed E-state index contributed by atoms with van der Waals surface area (Å²) in [6.07, 6.45) is 8.16. The lowest BCUT2D eigenvalue weighted by Gasteiger charge is -2.26. The van der Waals surface area contributed by atoms with Gasteiger partial charge in [0.25, 0.3) is 0 Å². The van der Waals surface area contributed by atoms with E-state index in [2.05, 4.69) is 13.8 Å². The van der Waals surface area contributed by atoms with E-state index in [9.17, 15) is 10.2 Å². The summed E-state index contributed by atoms with van der Waals surface area (Å²) in [6.45, 7) is 4.38. The quantitative estimate of drug-likeness (QED) is 0.383. The Morgan fingerprint density at radius 1 is 0.710 bits per heavy atom. The van der Waals surface area contributed by atoms with Gasteiger partial charge in [0.05, 0.1) is 26.4 Å². The fourth-order valence-electron chi connectivity index (χ4n) is 3.80. The van der Waals surface area contributed by atoms with Gasteiger partial charge < -0.3 is 24.4 Å². The van der Waals surface area contributed by atoms with Gasteiger partial charge in [0, 0.05) is 0 Å². The number of methoxy groups -OCH3 is 2. The van der Waals surface area contributed by atoms with Crippen LogP contribution in [0.2, 0.25) is 0 Å². The first-order chi connectivity index (χ1) is 15.0. The molecule has 31 heavy (non-hydrogen) atoms. The third-order valence-electron chi connectivity index (χ3n) is 5.56. The maximum absolute atomic E-state index is 9.90. The third kappa shape index (κ3) is 7.98. The van der Waals surface area contributed by atoms with Crippen molar-refractivity contribution in [1.29, 1.82) is 0 Å². The zero-order valence-electron chi connectivity index (χ0n) is 19.4. The monoisotopic (exact) mass is 430 g/mol. The van der Waals surface area contributed by atoms with Gasteiger partial charge in [-0.25, -0.2) is 0 Å². The van der Waals surface area contributed by atoms with Gasteiger partial charge in [-0.3, -0.25) is 0 Å². The van der Waals surface area contributed by atoms with Crippen molar-refractivity contribution >= 4 is 0 Å². The number of aromatic hydroxyl groups is 2. The van der Waals surface area contributed by atoms with Gasteiger partial charge in [0.15, 0.2) is 23.0 Å². The number of benzene rings is 2. The molecule has 2 aromatic carbocycles. The van der Waals surface area contributed by atoms with Crippen molar-refractivity contribution in [3.8, 4) is 23.0 Å². The minimum Gasteiger partial charge on any atom is -0.504 e. The number of phenols is 2. The van der Waals surface area contributed by atoms with E-state index in [0.29, 0.717) is 11.5 Å². The Kier molecular flexibility index (Phi) is 10.5. The smallest absolute Gasteiger partial charge is 0.160 e. The SMILES string of the molecule is CCCCC(Cc1ccc(O)c(OC)c1)OC(CCCC)Cc1ccc(O)c(OC)c1. The lowest BCUT2D eigenvalue weighted by molar-refractivity contribution is -0.0213. The fraction of sp³-hybridized carbons (Fsp3) is 0.538. The summed E-state index contributed by atoms with van der Waals surface area (Å²) in [7, 11) is 3.13. The second kappa shape index (κ2) is 13.1. The van der Waals surface area contributed by atoms with Crippen molar-refractivity contribution in [2.24, 2.45) is 0 Å². The van der Waals surface area contributed by atoms with Crippen LogP contribution < -0.4 is 9.47 Å². The van der Waals surface area contributed by atoms with Crippen LogP contribution in [-0.4, -0.2) is 36.6 Å². The first kappa shape index (κ1) is 24.9. The Bertz CT molecular complexity index is 724. The van der Waals surface area contributed by atoms with Crippen LogP contribution in [0.1, 0.15) is 63.5 Å². The molecular weight excluding hydrogens is 392 g/mol. The van der Waals surface area contributed by atoms with E-state index in [1.165, 1.54) is 0 Å². The number of ether oxygens (including phenoxy) is 3. The van der Waals surface area contributed by atoms with Crippen LogP contribution in [0.3, 0.4) is 0 Å². The number of hydrogen-bond acceptors (Lipinski definition) is 5. The molecule has 0 amide bonds. The molecule has 0 saturated carbocycles. The van der Waals surface area contributed by atoms with E-state index in [0.717, 1.165) is 62.5 Å². The normalized spacial score (nSPS) is 13.0. The first-order valence-electron chi connectivity index (χ1n) is 11.4. The van der Waals surface area contributed by atoms with E-state index in [1.54, 1.807) is 26.4 Å². The highest BCUT2D eigenvalue weighted by Gasteiger charge is 2.19. The first-order valence-corrected chi connectivity index (χ1v) is 11.4. The van der Waals surface area contributed by atoms with Gasteiger partial charge >= 0.3 is 0 Å². The van der Waals surface area contributed by atoms with Crippen molar-refractivity contribution in [2.75, 3.05) is 14.2 Å². The average molecular weight is 431 g/mol. The van der Waals surface area contributed by atoms with Crippen molar-refractivity contribution in [3.05, 3.63) is 47.5 Å². The molecule has 5 nitrogen and oxygen atoms in total. The summed E-state index contributed by atoms with van der Waals surface area (Å²) < 4.78 is 17.2. The molecule has 0 radical (unpaired) electrons. The molecule has 0 aromatic heterocycles. The summed E-state index contributed by atoms with van der Waals surface area (Å²) in [6, 6.07) is 11.0. The van der Waals surface area contributed by atoms with Crippen LogP contribution in [0.4, 0.5) is 0 Å². The van der Waals surface area contributed by atoms with E-state index in [1.807, 2.05) is 24.3 Å². The molecule has 0 spiro atoms. The number of hydrogen-bond donors (Lipinski definition) is 2. The Hall–Kier alpha value is -2.40. The minimum atomic E-state index is 0.0927. The molecule has 0 aliphatic rings. The summed E-state index contributed by atoms with van der Waals surface area (Å²) >= 11 is 0. The molecule has 2 N–H and O–H groups in total. The molecule has 0 aliphatic carbocycles. The molecule has 0 fully saturated rings. The standard InChI is InChI=1S/C26H38O5/c1-5-7-9-21(15-19-11-13-23(27)25(17-19)29-3)31-22(10-8-6-2)16-20-12-14-24(28)26(18-20)30-4/h11-14,17-18,21-22,27-28H,5-10,15-16H2,1-4H3. The highest BCUT2D eigenvalue weighted by Crippen LogP contribution is 2.30. The Morgan fingerprint density at radius 2 is 1.13 bits per heavy atom. The zero-order chi connectivity index (χ0) is 22.6. The topological polar surface area (TPSA) is 68.2 Å². The molecule has 2 atom stereocenters. The van der Waals surface area contributed by atoms with Gasteiger partial charge in [-0.1, -0.05) is 51.7 Å². The summed E-state index contributed by atoms with van der Waals surface area (Å²) in [4.78, 5) is 0. The number of phenolic OH excluding ortho intramolecular Hbond substituents is 2. The van der Waals surface area contributed by atoms with Crippen molar-refractivity contribution in [2.45, 2.75) is 77.4 Å². The van der Waals surface area contributed by atoms with E-state index in [-0.39, 0.29) is 23.7 Å². The molecule has 2 rings (SSSR count). The summed E-state index contributed by atoms with van der Waals surface area (Å²) in [5, 5.41) is 19.8. The lowest BCUT2D eigenvalue weighted by Crippen LogP contribution is -2.26. The third-order valence-corrected chi connectivity index (χ3v) is 5.56. The summed E-state index contributed by atoms with van der Waals surface area (Å²) in [5.74, 6) is 1.29. The molecule has 2 unspecified atom stereocenters. The average Bonchev–Trinajstić information content (AvgIpc) is 2.78. The highest BCUT2D eigenvalue weighted by molar-refractivity contribution is 5.42. The van der Waals surface area contributed by atoms with Crippen molar-refractivity contribution in [1.82, 2.24) is 0 Å². The van der Waals surface area contributed by atoms with Crippen LogP contribution in [0.5, 0.6) is 23.0 Å². The number of unbranched alkanes of at least 4 members (excludes halogenated alkanes) is 2. The molecule has 0 aliphatic heterocycles. The Balaban J connectivity index is 2.16. The van der Waals surface area contributed by atoms with Gasteiger partial charge in [-0.05, 0) is 61.1 Å². The lowest BCUT2D eigenvalue weighted by atomic mass is 10.00. The van der Waals surface area contributed by atoms with Crippen molar-refractivity contribution in [3.63, 3.8) is 0 Å². The van der Waals surface area contributed by atoms with Crippen LogP contribution >= 0.6 is 0 Å². The fourth-order valence-corrected chi connectivity index (χ4v) is 3.80. The van der Waals surface area contributed by atoms with Crippen molar-refractivity contribution < 1.29 is 24.4 Å². The van der Waals surface area contributed by atoms with Crippen LogP contribution in [0, 0.1) is 0 Å². The largest absolute Gasteiger partial charge is 0.504 e. The Morgan fingerprint density at radius 3 is 1.48 bits per heavy atom. The van der Waals surface area contributed by atoms with E-state index < -0.39 is 0 Å². The molecule has 5 heteroatoms. The molecular formula is C26H38O5. The van der Waals surface area contributed by atoms with E-state index >= 15 is 0 Å². The molecule has 0 bridgehead atoms. The Labute approximate surface area is 187 Å². The van der Waals surface area contributed by atoms with Crippen LogP contribution in [0.15, 0.2) is 36.4 Å². The van der Waals surface area contributed by atoms with Gasteiger partial charge in [0.2, 0.25) is 0 Å². The van der Waals surface area contributed by atoms with Gasteiger partial charge in [-0.15, -0.1) is 0 Å². The second-order valence-electron chi connectivity index (χ2n) is 8.09. The maximum atomic E-state index is 9.90. The van der Waals surface area contributed by atoms with Gasteiger partial charge in [0.1, 0.15) is 0 Å². The molecule has 0 saturated heterocycles. The summed E-state index contributed by atoms with van der Waals surface area (Å²) in [5.41, 5.74) is 2.19. The van der Waals surface area contributed by atoms with E-state index in [4.69, 9.17) is 14.2 Å². The minimum absolute atomic E-state index is 0.0927. The highest BCUT2D eigenvalue weighted by atomic mass is 16.5.